The molecule has 0 bridgehead atoms. The normalized spacial score (nSPS) is 18.6. The molecule has 4 nitrogen and oxygen atoms in total. The van der Waals surface area contributed by atoms with Crippen LogP contribution in [0.5, 0.6) is 0 Å². The molecule has 0 saturated heterocycles. The first-order valence-corrected chi connectivity index (χ1v) is 6.59. The molecule has 100 valence electrons. The van der Waals surface area contributed by atoms with E-state index in [1.165, 1.54) is 12.7 Å². The molecular weight excluding hydrogens is 233 g/mol. The van der Waals surface area contributed by atoms with Gasteiger partial charge < -0.3 is 10.4 Å². The minimum absolute atomic E-state index is 0.0118. The summed E-state index contributed by atoms with van der Waals surface area (Å²) in [5, 5.41) is 12.7. The highest BCUT2D eigenvalue weighted by Crippen LogP contribution is 2.31. The fourth-order valence-corrected chi connectivity index (χ4v) is 2.54. The van der Waals surface area contributed by atoms with Crippen molar-refractivity contribution in [1.29, 1.82) is 0 Å². The Bertz CT molecular complexity index is 405. The molecule has 2 rings (SSSR count). The summed E-state index contributed by atoms with van der Waals surface area (Å²) in [5.41, 5.74) is -0.00487. The second-order valence-corrected chi connectivity index (χ2v) is 4.96. The van der Waals surface area contributed by atoms with Crippen LogP contribution in [-0.2, 0) is 6.42 Å². The molecule has 1 aromatic heterocycles. The number of nitrogens with one attached hydrogen (secondary N) is 1. The van der Waals surface area contributed by atoms with Gasteiger partial charge in [0.05, 0.1) is 17.8 Å². The largest absolute Gasteiger partial charge is 0.394 e. The fourth-order valence-electron chi connectivity index (χ4n) is 2.54. The molecule has 1 aliphatic rings. The SMILES string of the molecule is CCc1ncnc(NC2(CO)CCCCC2)c1F. The number of aromatic nitrogens is 2. The first-order chi connectivity index (χ1) is 8.71. The van der Waals surface area contributed by atoms with Crippen molar-refractivity contribution >= 4 is 5.82 Å². The lowest BCUT2D eigenvalue weighted by Gasteiger charge is -2.37. The van der Waals surface area contributed by atoms with Gasteiger partial charge in [-0.1, -0.05) is 26.2 Å². The van der Waals surface area contributed by atoms with Crippen LogP contribution in [0.25, 0.3) is 0 Å². The number of aliphatic hydroxyl groups excluding tert-OH is 1. The number of rotatable bonds is 4. The van der Waals surface area contributed by atoms with Gasteiger partial charge in [0.15, 0.2) is 11.6 Å². The number of hydrogen-bond acceptors (Lipinski definition) is 4. The minimum atomic E-state index is -0.418. The number of halogens is 1. The number of aliphatic hydroxyl groups is 1. The van der Waals surface area contributed by atoms with Crippen molar-refractivity contribution in [3.63, 3.8) is 0 Å². The highest BCUT2D eigenvalue weighted by molar-refractivity contribution is 5.40. The zero-order valence-corrected chi connectivity index (χ0v) is 10.7. The number of nitrogens with zero attached hydrogens (tertiary/aromatic N) is 2. The van der Waals surface area contributed by atoms with E-state index in [0.717, 1.165) is 25.7 Å². The Morgan fingerprint density at radius 2 is 2.06 bits per heavy atom. The standard InChI is InChI=1S/C13H20FN3O/c1-2-10-11(14)12(16-9-15-10)17-13(8-18)6-4-3-5-7-13/h9,18H,2-8H2,1H3,(H,15,16,17). The lowest BCUT2D eigenvalue weighted by atomic mass is 9.82. The first kappa shape index (κ1) is 13.2. The molecule has 0 radical (unpaired) electrons. The molecule has 1 saturated carbocycles. The molecule has 0 aliphatic heterocycles. The molecule has 1 heterocycles. The summed E-state index contributed by atoms with van der Waals surface area (Å²) < 4.78 is 14.1. The van der Waals surface area contributed by atoms with Gasteiger partial charge in [0.25, 0.3) is 0 Å². The van der Waals surface area contributed by atoms with Crippen molar-refractivity contribution in [1.82, 2.24) is 9.97 Å². The van der Waals surface area contributed by atoms with Gasteiger partial charge in [-0.15, -0.1) is 0 Å². The first-order valence-electron chi connectivity index (χ1n) is 6.59. The van der Waals surface area contributed by atoms with Gasteiger partial charge in [0.1, 0.15) is 6.33 Å². The summed E-state index contributed by atoms with van der Waals surface area (Å²) in [5.74, 6) is -0.170. The Kier molecular flexibility index (Phi) is 4.11. The van der Waals surface area contributed by atoms with E-state index >= 15 is 0 Å². The molecule has 0 atom stereocenters. The highest BCUT2D eigenvalue weighted by atomic mass is 19.1. The quantitative estimate of drug-likeness (QED) is 0.864. The van der Waals surface area contributed by atoms with Crippen molar-refractivity contribution in [2.75, 3.05) is 11.9 Å². The predicted octanol–water partition coefficient (Wildman–Crippen LogP) is 2.29. The van der Waals surface area contributed by atoms with E-state index in [4.69, 9.17) is 0 Å². The van der Waals surface area contributed by atoms with E-state index in [1.807, 2.05) is 6.92 Å². The van der Waals surface area contributed by atoms with Gasteiger partial charge in [-0.05, 0) is 19.3 Å². The maximum atomic E-state index is 14.1. The molecule has 0 amide bonds. The van der Waals surface area contributed by atoms with Gasteiger partial charge in [0, 0.05) is 0 Å². The van der Waals surface area contributed by atoms with E-state index in [9.17, 15) is 9.50 Å². The smallest absolute Gasteiger partial charge is 0.186 e. The monoisotopic (exact) mass is 253 g/mol. The van der Waals surface area contributed by atoms with E-state index in [-0.39, 0.29) is 12.4 Å². The van der Waals surface area contributed by atoms with Gasteiger partial charge >= 0.3 is 0 Å². The zero-order chi connectivity index (χ0) is 13.0. The predicted molar refractivity (Wildman–Crippen MR) is 67.9 cm³/mol. The second kappa shape index (κ2) is 5.61. The Hall–Kier alpha value is -1.23. The summed E-state index contributed by atoms with van der Waals surface area (Å²) in [6.45, 7) is 1.87. The van der Waals surface area contributed by atoms with Crippen molar-refractivity contribution in [2.24, 2.45) is 0 Å². The van der Waals surface area contributed by atoms with Crippen LogP contribution in [0.2, 0.25) is 0 Å². The molecular formula is C13H20FN3O. The Labute approximate surface area is 107 Å². The van der Waals surface area contributed by atoms with Gasteiger partial charge in [-0.25, -0.2) is 14.4 Å². The maximum Gasteiger partial charge on any atom is 0.186 e. The van der Waals surface area contributed by atoms with Crippen LogP contribution in [0.4, 0.5) is 10.2 Å². The lowest BCUT2D eigenvalue weighted by molar-refractivity contribution is 0.172. The number of aryl methyl sites for hydroxylation is 1. The van der Waals surface area contributed by atoms with Crippen molar-refractivity contribution in [3.8, 4) is 0 Å². The van der Waals surface area contributed by atoms with Crippen LogP contribution in [0.15, 0.2) is 6.33 Å². The third-order valence-corrected chi connectivity index (χ3v) is 3.69. The summed E-state index contributed by atoms with van der Waals surface area (Å²) in [6, 6.07) is 0. The van der Waals surface area contributed by atoms with E-state index in [2.05, 4.69) is 15.3 Å². The van der Waals surface area contributed by atoms with E-state index in [1.54, 1.807) is 0 Å². The molecule has 0 spiro atoms. The van der Waals surface area contributed by atoms with Gasteiger partial charge in [0.2, 0.25) is 0 Å². The number of anilines is 1. The third kappa shape index (κ3) is 2.61. The Morgan fingerprint density at radius 1 is 1.33 bits per heavy atom. The molecule has 1 aromatic rings. The summed E-state index contributed by atoms with van der Waals surface area (Å²) >= 11 is 0. The van der Waals surface area contributed by atoms with Crippen molar-refractivity contribution in [2.45, 2.75) is 51.0 Å². The molecule has 5 heteroatoms. The molecule has 18 heavy (non-hydrogen) atoms. The van der Waals surface area contributed by atoms with E-state index in [0.29, 0.717) is 12.1 Å². The summed E-state index contributed by atoms with van der Waals surface area (Å²) in [7, 11) is 0. The summed E-state index contributed by atoms with van der Waals surface area (Å²) in [4.78, 5) is 7.88. The van der Waals surface area contributed by atoms with Crippen molar-refractivity contribution in [3.05, 3.63) is 17.8 Å². The van der Waals surface area contributed by atoms with Crippen molar-refractivity contribution < 1.29 is 9.50 Å². The van der Waals surface area contributed by atoms with Gasteiger partial charge in [-0.2, -0.15) is 0 Å². The molecule has 2 N–H and O–H groups in total. The van der Waals surface area contributed by atoms with E-state index < -0.39 is 11.4 Å². The van der Waals surface area contributed by atoms with Crippen LogP contribution in [0.3, 0.4) is 0 Å². The van der Waals surface area contributed by atoms with Crippen LogP contribution in [-0.4, -0.2) is 27.2 Å². The Balaban J connectivity index is 2.21. The topological polar surface area (TPSA) is 58.0 Å². The zero-order valence-electron chi connectivity index (χ0n) is 10.7. The number of hydrogen-bond donors (Lipinski definition) is 2. The van der Waals surface area contributed by atoms with Crippen LogP contribution < -0.4 is 5.32 Å². The maximum absolute atomic E-state index is 14.1. The minimum Gasteiger partial charge on any atom is -0.394 e. The highest BCUT2D eigenvalue weighted by Gasteiger charge is 2.32. The molecule has 0 unspecified atom stereocenters. The second-order valence-electron chi connectivity index (χ2n) is 4.96. The Morgan fingerprint density at radius 3 is 2.67 bits per heavy atom. The molecule has 1 aliphatic carbocycles. The summed E-state index contributed by atoms with van der Waals surface area (Å²) in [6.07, 6.45) is 6.91. The fraction of sp³-hybridized carbons (Fsp3) is 0.692. The molecule has 1 fully saturated rings. The van der Waals surface area contributed by atoms with Crippen LogP contribution in [0.1, 0.15) is 44.7 Å². The lowest BCUT2D eigenvalue weighted by Crippen LogP contribution is -2.44. The van der Waals surface area contributed by atoms with Crippen LogP contribution >= 0.6 is 0 Å². The average Bonchev–Trinajstić information content (AvgIpc) is 2.42. The third-order valence-electron chi connectivity index (χ3n) is 3.69. The average molecular weight is 253 g/mol. The van der Waals surface area contributed by atoms with Crippen LogP contribution in [0, 0.1) is 5.82 Å². The van der Waals surface area contributed by atoms with Gasteiger partial charge in [-0.3, -0.25) is 0 Å². The molecule has 0 aromatic carbocycles.